The van der Waals surface area contributed by atoms with Crippen molar-refractivity contribution in [1.82, 2.24) is 10.3 Å². The summed E-state index contributed by atoms with van der Waals surface area (Å²) in [5.74, 6) is 0.867. The predicted octanol–water partition coefficient (Wildman–Crippen LogP) is 2.99. The molecule has 1 N–H and O–H groups in total. The van der Waals surface area contributed by atoms with Crippen molar-refractivity contribution in [2.24, 2.45) is 5.92 Å². The summed E-state index contributed by atoms with van der Waals surface area (Å²) < 4.78 is 0. The van der Waals surface area contributed by atoms with Gasteiger partial charge in [0.05, 0.1) is 17.6 Å². The summed E-state index contributed by atoms with van der Waals surface area (Å²) in [6.45, 7) is 6.84. The quantitative estimate of drug-likeness (QED) is 0.890. The lowest BCUT2D eigenvalue weighted by Gasteiger charge is -2.23. The molecular weight excluding hydrogens is 222 g/mol. The average Bonchev–Trinajstić information content (AvgIpc) is 2.63. The van der Waals surface area contributed by atoms with Gasteiger partial charge >= 0.3 is 0 Å². The van der Waals surface area contributed by atoms with Gasteiger partial charge in [-0.25, -0.2) is 0 Å². The van der Waals surface area contributed by atoms with Gasteiger partial charge in [0, 0.05) is 19.1 Å². The molecule has 0 amide bonds. The molecule has 3 nitrogen and oxygen atoms in total. The number of rotatable bonds is 3. The molecule has 0 aliphatic carbocycles. The molecule has 2 unspecified atom stereocenters. The Hall–Kier alpha value is -1.09. The molecule has 1 fully saturated rings. The molecule has 1 aromatic heterocycles. The lowest BCUT2D eigenvalue weighted by atomic mass is 10.0. The van der Waals surface area contributed by atoms with E-state index in [1.807, 2.05) is 13.2 Å². The third kappa shape index (κ3) is 3.22. The van der Waals surface area contributed by atoms with Gasteiger partial charge < -0.3 is 10.2 Å². The van der Waals surface area contributed by atoms with Gasteiger partial charge in [-0.3, -0.25) is 4.98 Å². The average molecular weight is 247 g/mol. The lowest BCUT2D eigenvalue weighted by molar-refractivity contribution is 0.521. The molecule has 0 radical (unpaired) electrons. The zero-order valence-electron chi connectivity index (χ0n) is 11.8. The van der Waals surface area contributed by atoms with Crippen LogP contribution in [-0.2, 0) is 0 Å². The SMILES string of the molecule is CNC(C)c1ccc(N2CCCC(C)CC2)cn1. The van der Waals surface area contributed by atoms with Crippen LogP contribution in [-0.4, -0.2) is 25.1 Å². The molecule has 0 aromatic carbocycles. The molecule has 2 heterocycles. The van der Waals surface area contributed by atoms with Crippen LogP contribution in [0.5, 0.6) is 0 Å². The molecule has 2 rings (SSSR count). The van der Waals surface area contributed by atoms with Crippen LogP contribution in [0.15, 0.2) is 18.3 Å². The highest BCUT2D eigenvalue weighted by Crippen LogP contribution is 2.22. The Morgan fingerprint density at radius 1 is 1.33 bits per heavy atom. The van der Waals surface area contributed by atoms with E-state index in [2.05, 4.69) is 41.2 Å². The van der Waals surface area contributed by atoms with Crippen LogP contribution in [0, 0.1) is 5.92 Å². The predicted molar refractivity (Wildman–Crippen MR) is 76.9 cm³/mol. The van der Waals surface area contributed by atoms with E-state index in [9.17, 15) is 0 Å². The van der Waals surface area contributed by atoms with Crippen LogP contribution in [0.2, 0.25) is 0 Å². The van der Waals surface area contributed by atoms with Gasteiger partial charge in [0.15, 0.2) is 0 Å². The molecule has 18 heavy (non-hydrogen) atoms. The van der Waals surface area contributed by atoms with Gasteiger partial charge in [0.1, 0.15) is 0 Å². The van der Waals surface area contributed by atoms with E-state index in [-0.39, 0.29) is 0 Å². The number of aromatic nitrogens is 1. The number of anilines is 1. The Morgan fingerprint density at radius 3 is 2.83 bits per heavy atom. The molecule has 0 saturated carbocycles. The minimum Gasteiger partial charge on any atom is -0.370 e. The zero-order valence-corrected chi connectivity index (χ0v) is 11.8. The summed E-state index contributed by atoms with van der Waals surface area (Å²) in [7, 11) is 1.97. The monoisotopic (exact) mass is 247 g/mol. The smallest absolute Gasteiger partial charge is 0.0571 e. The van der Waals surface area contributed by atoms with Crippen LogP contribution in [0.4, 0.5) is 5.69 Å². The zero-order chi connectivity index (χ0) is 13.0. The minimum absolute atomic E-state index is 0.322. The van der Waals surface area contributed by atoms with E-state index >= 15 is 0 Å². The summed E-state index contributed by atoms with van der Waals surface area (Å²) in [5.41, 5.74) is 2.39. The first-order valence-electron chi connectivity index (χ1n) is 7.09. The fourth-order valence-corrected chi connectivity index (χ4v) is 2.51. The fourth-order valence-electron chi connectivity index (χ4n) is 2.51. The van der Waals surface area contributed by atoms with Crippen LogP contribution in [0.1, 0.15) is 44.8 Å². The van der Waals surface area contributed by atoms with E-state index in [0.717, 1.165) is 11.6 Å². The highest BCUT2D eigenvalue weighted by Gasteiger charge is 2.14. The van der Waals surface area contributed by atoms with Gasteiger partial charge in [-0.1, -0.05) is 6.92 Å². The van der Waals surface area contributed by atoms with E-state index in [1.54, 1.807) is 0 Å². The van der Waals surface area contributed by atoms with Crippen molar-refractivity contribution in [1.29, 1.82) is 0 Å². The number of nitrogens with zero attached hydrogens (tertiary/aromatic N) is 2. The first-order valence-corrected chi connectivity index (χ1v) is 7.09. The van der Waals surface area contributed by atoms with E-state index in [1.165, 1.54) is 38.0 Å². The number of hydrogen-bond acceptors (Lipinski definition) is 3. The van der Waals surface area contributed by atoms with E-state index in [0.29, 0.717) is 6.04 Å². The second kappa shape index (κ2) is 6.19. The largest absolute Gasteiger partial charge is 0.370 e. The molecular formula is C15H25N3. The second-order valence-corrected chi connectivity index (χ2v) is 5.47. The van der Waals surface area contributed by atoms with Crippen molar-refractivity contribution in [2.45, 2.75) is 39.2 Å². The van der Waals surface area contributed by atoms with Crippen molar-refractivity contribution in [3.05, 3.63) is 24.0 Å². The van der Waals surface area contributed by atoms with Crippen LogP contribution < -0.4 is 10.2 Å². The maximum absolute atomic E-state index is 4.57. The van der Waals surface area contributed by atoms with E-state index < -0.39 is 0 Å². The Morgan fingerprint density at radius 2 is 2.17 bits per heavy atom. The molecule has 0 bridgehead atoms. The van der Waals surface area contributed by atoms with Gasteiger partial charge in [-0.2, -0.15) is 0 Å². The molecule has 100 valence electrons. The van der Waals surface area contributed by atoms with Crippen LogP contribution >= 0.6 is 0 Å². The Bertz CT molecular complexity index is 361. The van der Waals surface area contributed by atoms with Gasteiger partial charge in [-0.05, 0) is 51.3 Å². The molecule has 2 atom stereocenters. The third-order valence-electron chi connectivity index (χ3n) is 4.03. The third-order valence-corrected chi connectivity index (χ3v) is 4.03. The standard InChI is InChI=1S/C15H25N3/c1-12-5-4-9-18(10-8-12)14-6-7-15(17-11-14)13(2)16-3/h6-7,11-13,16H,4-5,8-10H2,1-3H3. The van der Waals surface area contributed by atoms with Crippen LogP contribution in [0.25, 0.3) is 0 Å². The maximum atomic E-state index is 4.57. The normalized spacial score (nSPS) is 22.6. The summed E-state index contributed by atoms with van der Waals surface area (Å²) in [4.78, 5) is 7.05. The summed E-state index contributed by atoms with van der Waals surface area (Å²) in [6, 6.07) is 4.68. The van der Waals surface area contributed by atoms with Crippen molar-refractivity contribution in [2.75, 3.05) is 25.0 Å². The lowest BCUT2D eigenvalue weighted by Crippen LogP contribution is -2.24. The molecule has 1 aliphatic heterocycles. The maximum Gasteiger partial charge on any atom is 0.0571 e. The van der Waals surface area contributed by atoms with E-state index in [4.69, 9.17) is 0 Å². The number of nitrogens with one attached hydrogen (secondary N) is 1. The van der Waals surface area contributed by atoms with Gasteiger partial charge in [-0.15, -0.1) is 0 Å². The van der Waals surface area contributed by atoms with Crippen molar-refractivity contribution >= 4 is 5.69 Å². The Kier molecular flexibility index (Phi) is 4.59. The first kappa shape index (κ1) is 13.3. The molecule has 1 saturated heterocycles. The Balaban J connectivity index is 2.04. The molecule has 1 aliphatic rings. The molecule has 3 heteroatoms. The highest BCUT2D eigenvalue weighted by atomic mass is 15.1. The first-order chi connectivity index (χ1) is 8.70. The van der Waals surface area contributed by atoms with Crippen LogP contribution in [0.3, 0.4) is 0 Å². The number of hydrogen-bond donors (Lipinski definition) is 1. The highest BCUT2D eigenvalue weighted by molar-refractivity contribution is 5.44. The summed E-state index contributed by atoms with van der Waals surface area (Å²) in [5, 5.41) is 3.22. The molecule has 0 spiro atoms. The Labute approximate surface area is 111 Å². The summed E-state index contributed by atoms with van der Waals surface area (Å²) >= 11 is 0. The topological polar surface area (TPSA) is 28.2 Å². The van der Waals surface area contributed by atoms with Gasteiger partial charge in [0.25, 0.3) is 0 Å². The van der Waals surface area contributed by atoms with Crippen molar-refractivity contribution in [3.63, 3.8) is 0 Å². The fraction of sp³-hybridized carbons (Fsp3) is 0.667. The van der Waals surface area contributed by atoms with Crippen molar-refractivity contribution in [3.8, 4) is 0 Å². The molecule has 1 aromatic rings. The second-order valence-electron chi connectivity index (χ2n) is 5.47. The summed E-state index contributed by atoms with van der Waals surface area (Å²) in [6.07, 6.45) is 5.99. The van der Waals surface area contributed by atoms with Gasteiger partial charge in [0.2, 0.25) is 0 Å². The minimum atomic E-state index is 0.322. The van der Waals surface area contributed by atoms with Crippen molar-refractivity contribution < 1.29 is 0 Å². The number of pyridine rings is 1.